The highest BCUT2D eigenvalue weighted by atomic mass is 35.5. The van der Waals surface area contributed by atoms with E-state index in [0.29, 0.717) is 11.6 Å². The van der Waals surface area contributed by atoms with Crippen molar-refractivity contribution in [1.82, 2.24) is 4.90 Å². The lowest BCUT2D eigenvalue weighted by Gasteiger charge is -2.20. The Labute approximate surface area is 129 Å². The minimum atomic E-state index is -0.852. The Kier molecular flexibility index (Phi) is 4.88. The van der Waals surface area contributed by atoms with Crippen LogP contribution in [0.25, 0.3) is 0 Å². The minimum absolute atomic E-state index is 0.0419. The first-order valence-electron chi connectivity index (χ1n) is 7.21. The maximum Gasteiger partial charge on any atom is 0.308 e. The number of rotatable bonds is 4. The Balaban J connectivity index is 2.22. The molecule has 3 atom stereocenters. The molecule has 0 aliphatic carbocycles. The fourth-order valence-electron chi connectivity index (χ4n) is 2.77. The van der Waals surface area contributed by atoms with E-state index in [1.807, 2.05) is 26.0 Å². The highest BCUT2D eigenvalue weighted by molar-refractivity contribution is 6.30. The van der Waals surface area contributed by atoms with Crippen molar-refractivity contribution >= 4 is 23.5 Å². The van der Waals surface area contributed by atoms with Gasteiger partial charge in [0.05, 0.1) is 5.92 Å². The van der Waals surface area contributed by atoms with E-state index in [9.17, 15) is 14.7 Å². The standard InChI is InChI=1S/C16H20ClNO3/c1-3-10(2)15(19)18-8-13(14(9-18)16(20)21)11-4-6-12(17)7-5-11/h4-7,10,13-14H,3,8-9H2,1-2H3,(H,20,21)/t10?,13-,14+/m0/s1. The van der Waals surface area contributed by atoms with E-state index in [0.717, 1.165) is 12.0 Å². The summed E-state index contributed by atoms with van der Waals surface area (Å²) in [6, 6.07) is 7.21. The number of hydrogen-bond donors (Lipinski definition) is 1. The van der Waals surface area contributed by atoms with Crippen LogP contribution in [-0.2, 0) is 9.59 Å². The Morgan fingerprint density at radius 2 is 1.95 bits per heavy atom. The highest BCUT2D eigenvalue weighted by Crippen LogP contribution is 2.34. The number of halogens is 1. The first-order valence-corrected chi connectivity index (χ1v) is 7.58. The number of hydrogen-bond acceptors (Lipinski definition) is 2. The largest absolute Gasteiger partial charge is 0.481 e. The second-order valence-electron chi connectivity index (χ2n) is 5.66. The van der Waals surface area contributed by atoms with E-state index < -0.39 is 11.9 Å². The fraction of sp³-hybridized carbons (Fsp3) is 0.500. The van der Waals surface area contributed by atoms with E-state index in [2.05, 4.69) is 0 Å². The maximum absolute atomic E-state index is 12.3. The van der Waals surface area contributed by atoms with Gasteiger partial charge < -0.3 is 10.0 Å². The van der Waals surface area contributed by atoms with Crippen molar-refractivity contribution in [2.24, 2.45) is 11.8 Å². The average molecular weight is 310 g/mol. The van der Waals surface area contributed by atoms with E-state index >= 15 is 0 Å². The van der Waals surface area contributed by atoms with Gasteiger partial charge in [-0.15, -0.1) is 0 Å². The molecular formula is C16H20ClNO3. The Morgan fingerprint density at radius 1 is 1.33 bits per heavy atom. The fourth-order valence-corrected chi connectivity index (χ4v) is 2.89. The molecule has 0 bridgehead atoms. The van der Waals surface area contributed by atoms with Crippen molar-refractivity contribution < 1.29 is 14.7 Å². The summed E-state index contributed by atoms with van der Waals surface area (Å²) < 4.78 is 0. The predicted molar refractivity (Wildman–Crippen MR) is 81.4 cm³/mol. The molecule has 0 saturated carbocycles. The molecule has 5 heteroatoms. The number of nitrogens with zero attached hydrogens (tertiary/aromatic N) is 1. The quantitative estimate of drug-likeness (QED) is 0.930. The van der Waals surface area contributed by atoms with Crippen molar-refractivity contribution in [1.29, 1.82) is 0 Å². The molecule has 1 unspecified atom stereocenters. The van der Waals surface area contributed by atoms with Crippen LogP contribution in [0.4, 0.5) is 0 Å². The molecule has 0 radical (unpaired) electrons. The van der Waals surface area contributed by atoms with Crippen LogP contribution in [0.3, 0.4) is 0 Å². The molecule has 1 fully saturated rings. The first-order chi connectivity index (χ1) is 9.93. The molecule has 0 aromatic heterocycles. The molecule has 1 N–H and O–H groups in total. The molecule has 1 saturated heterocycles. The van der Waals surface area contributed by atoms with Crippen molar-refractivity contribution in [3.8, 4) is 0 Å². The van der Waals surface area contributed by atoms with Gasteiger partial charge in [0.15, 0.2) is 0 Å². The molecule has 1 aromatic carbocycles. The lowest BCUT2D eigenvalue weighted by Crippen LogP contribution is -2.33. The smallest absolute Gasteiger partial charge is 0.308 e. The molecule has 1 aliphatic rings. The molecule has 1 aromatic rings. The third-order valence-electron chi connectivity index (χ3n) is 4.28. The Bertz CT molecular complexity index is 529. The summed E-state index contributed by atoms with van der Waals surface area (Å²) in [4.78, 5) is 25.5. The van der Waals surface area contributed by atoms with Crippen LogP contribution in [0.1, 0.15) is 31.7 Å². The Hall–Kier alpha value is -1.55. The van der Waals surface area contributed by atoms with E-state index in [-0.39, 0.29) is 24.3 Å². The summed E-state index contributed by atoms with van der Waals surface area (Å²) in [5, 5.41) is 10.1. The number of carbonyl (C=O) groups excluding carboxylic acids is 1. The topological polar surface area (TPSA) is 57.6 Å². The molecular weight excluding hydrogens is 290 g/mol. The van der Waals surface area contributed by atoms with E-state index in [1.54, 1.807) is 17.0 Å². The molecule has 0 spiro atoms. The number of carboxylic acid groups (broad SMARTS) is 1. The van der Waals surface area contributed by atoms with Gasteiger partial charge >= 0.3 is 5.97 Å². The number of carbonyl (C=O) groups is 2. The van der Waals surface area contributed by atoms with E-state index in [4.69, 9.17) is 11.6 Å². The van der Waals surface area contributed by atoms with Crippen LogP contribution in [-0.4, -0.2) is 35.0 Å². The summed E-state index contributed by atoms with van der Waals surface area (Å²) in [6.45, 7) is 4.59. The van der Waals surface area contributed by atoms with Crippen molar-refractivity contribution in [2.75, 3.05) is 13.1 Å². The summed E-state index contributed by atoms with van der Waals surface area (Å²) in [7, 11) is 0. The van der Waals surface area contributed by atoms with Crippen LogP contribution in [0.15, 0.2) is 24.3 Å². The molecule has 114 valence electrons. The molecule has 21 heavy (non-hydrogen) atoms. The zero-order chi connectivity index (χ0) is 15.6. The lowest BCUT2D eigenvalue weighted by molar-refractivity contribution is -0.142. The van der Waals surface area contributed by atoms with Crippen molar-refractivity contribution in [3.63, 3.8) is 0 Å². The van der Waals surface area contributed by atoms with Gasteiger partial charge in [0.1, 0.15) is 0 Å². The summed E-state index contributed by atoms with van der Waals surface area (Å²) >= 11 is 5.88. The van der Waals surface area contributed by atoms with Gasteiger partial charge in [-0.05, 0) is 24.1 Å². The molecule has 1 heterocycles. The lowest BCUT2D eigenvalue weighted by atomic mass is 9.89. The van der Waals surface area contributed by atoms with Gasteiger partial charge in [0.25, 0.3) is 0 Å². The summed E-state index contributed by atoms with van der Waals surface area (Å²) in [5.41, 5.74) is 0.922. The first kappa shape index (κ1) is 15.8. The molecule has 2 rings (SSSR count). The van der Waals surface area contributed by atoms with Crippen LogP contribution in [0.2, 0.25) is 5.02 Å². The van der Waals surface area contributed by atoms with Gasteiger partial charge in [0.2, 0.25) is 5.91 Å². The van der Waals surface area contributed by atoms with Gasteiger partial charge in [0, 0.05) is 29.9 Å². The average Bonchev–Trinajstić information content (AvgIpc) is 2.91. The van der Waals surface area contributed by atoms with E-state index in [1.165, 1.54) is 0 Å². The van der Waals surface area contributed by atoms with Gasteiger partial charge in [-0.2, -0.15) is 0 Å². The number of aliphatic carboxylic acids is 1. The second kappa shape index (κ2) is 6.48. The molecule has 4 nitrogen and oxygen atoms in total. The van der Waals surface area contributed by atoms with Crippen LogP contribution >= 0.6 is 11.6 Å². The van der Waals surface area contributed by atoms with Crippen LogP contribution < -0.4 is 0 Å². The maximum atomic E-state index is 12.3. The summed E-state index contributed by atoms with van der Waals surface area (Å²) in [6.07, 6.45) is 0.763. The zero-order valence-electron chi connectivity index (χ0n) is 12.3. The predicted octanol–water partition coefficient (Wildman–Crippen LogP) is 3.01. The van der Waals surface area contributed by atoms with Crippen LogP contribution in [0, 0.1) is 11.8 Å². The zero-order valence-corrected chi connectivity index (χ0v) is 13.0. The molecule has 1 aliphatic heterocycles. The SMILES string of the molecule is CCC(C)C(=O)N1C[C@@H](C(=O)O)[C@H](c2ccc(Cl)cc2)C1. The summed E-state index contributed by atoms with van der Waals surface area (Å²) in [5.74, 6) is -1.61. The third kappa shape index (κ3) is 3.38. The second-order valence-corrected chi connectivity index (χ2v) is 6.09. The number of amides is 1. The monoisotopic (exact) mass is 309 g/mol. The minimum Gasteiger partial charge on any atom is -0.481 e. The Morgan fingerprint density at radius 3 is 2.48 bits per heavy atom. The number of likely N-dealkylation sites (tertiary alicyclic amines) is 1. The third-order valence-corrected chi connectivity index (χ3v) is 4.53. The van der Waals surface area contributed by atoms with Gasteiger partial charge in [-0.25, -0.2) is 0 Å². The van der Waals surface area contributed by atoms with Gasteiger partial charge in [-0.1, -0.05) is 37.6 Å². The van der Waals surface area contributed by atoms with Crippen molar-refractivity contribution in [3.05, 3.63) is 34.9 Å². The number of carboxylic acids is 1. The van der Waals surface area contributed by atoms with Gasteiger partial charge in [-0.3, -0.25) is 9.59 Å². The van der Waals surface area contributed by atoms with Crippen LogP contribution in [0.5, 0.6) is 0 Å². The number of benzene rings is 1. The highest BCUT2D eigenvalue weighted by Gasteiger charge is 2.41. The normalized spacial score (nSPS) is 23.1. The van der Waals surface area contributed by atoms with Crippen molar-refractivity contribution in [2.45, 2.75) is 26.2 Å². The molecule has 1 amide bonds.